The third kappa shape index (κ3) is 18.3. The van der Waals surface area contributed by atoms with Crippen LogP contribution in [0.3, 0.4) is 0 Å². The van der Waals surface area contributed by atoms with Gasteiger partial charge in [0.1, 0.15) is 41.8 Å². The Kier molecular flexibility index (Phi) is 25.8. The fraction of sp³-hybridized carbons (Fsp3) is 0.717. The largest absolute Gasteiger partial charge is 0.417 e. The molecule has 3 aliphatic rings. The first-order valence-electron chi connectivity index (χ1n) is 29.8. The van der Waals surface area contributed by atoms with E-state index < -0.39 is 161 Å². The summed E-state index contributed by atoms with van der Waals surface area (Å²) in [5.74, 6) is -8.00. The number of aryl methyl sites for hydroxylation is 1. The number of nitrogens with one attached hydrogen (secondary N) is 3. The number of amides is 11. The highest BCUT2D eigenvalue weighted by atomic mass is 35.5. The summed E-state index contributed by atoms with van der Waals surface area (Å²) < 4.78 is 41.1. The van der Waals surface area contributed by atoms with Crippen LogP contribution < -0.4 is 16.0 Å². The van der Waals surface area contributed by atoms with Crippen LogP contribution in [0.5, 0.6) is 0 Å². The third-order valence-electron chi connectivity index (χ3n) is 17.6. The number of rotatable bonds is 8. The number of likely N-dealkylation sites (N-methyl/N-ethyl adjacent to an activating group) is 7. The first-order valence-corrected chi connectivity index (χ1v) is 30.2. The van der Waals surface area contributed by atoms with Gasteiger partial charge < -0.3 is 55.1 Å². The summed E-state index contributed by atoms with van der Waals surface area (Å²) in [5, 5.41) is 7.73. The highest BCUT2D eigenvalue weighted by Gasteiger charge is 2.47. The minimum Gasteiger partial charge on any atom is -0.351 e. The van der Waals surface area contributed by atoms with Gasteiger partial charge in [0.25, 0.3) is 0 Å². The summed E-state index contributed by atoms with van der Waals surface area (Å²) in [6, 6.07) is -4.71. The Hall–Kier alpha value is -6.53. The van der Waals surface area contributed by atoms with Crippen molar-refractivity contribution in [1.29, 1.82) is 0 Å². The van der Waals surface area contributed by atoms with Crippen molar-refractivity contribution in [1.82, 2.24) is 55.1 Å². The SMILES string of the molecule is CC[C@H](C)[C@@H]1NC(=O)[C@H](C)N(C)C(=O)C[C@@H](C)NC(=O)[C@H](C(C)C)N(C)C(=O)C(C)(C)N(C)C(=O)C2CCCN2C(=O)[C@H](CCc2ccc(C(F)(F)F)c(Cl)c2)NC(=O)CN(C)C(=O)[C@H](CC2CCCCC2)N(C)C(=O)CN(C)C(=O)CN(C)C1=O. The molecule has 2 heterocycles. The minimum atomic E-state index is -4.75. The standard InChI is InChI=1S/C60H93ClF3N11O11/c1-16-36(4)50-57(85)70(11)33-48(78)68(9)34-49(79)72(13)45(31-39-21-18-17-19-22-39)55(83)69(10)32-46(76)66-43(27-25-40-24-26-41(42(61)30-40)60(62,63)64)54(82)75-28-20-23-44(75)56(84)74(15)59(7,8)58(86)73(14)51(35(2)3)53(81)65-37(5)29-47(77)71(12)38(6)52(80)67-50/h24,26,30,35-39,43-45,50-51H,16-23,25,27-29,31-34H2,1-15H3,(H,65,81)(H,66,76)(H,67,80)/t36-,37+,38-,43-,44?,45-,50-,51-/m0/s1. The zero-order chi connectivity index (χ0) is 65.0. The fourth-order valence-electron chi connectivity index (χ4n) is 11.4. The summed E-state index contributed by atoms with van der Waals surface area (Å²) in [6.45, 7) is 11.5. The maximum atomic E-state index is 14.9. The molecule has 1 aromatic rings. The van der Waals surface area contributed by atoms with E-state index in [1.54, 1.807) is 27.7 Å². The number of carbonyl (C=O) groups excluding carboxylic acids is 11. The summed E-state index contributed by atoms with van der Waals surface area (Å²) in [6.07, 6.45) is 0.253. The van der Waals surface area contributed by atoms with Gasteiger partial charge in [-0.3, -0.25) is 52.7 Å². The van der Waals surface area contributed by atoms with Gasteiger partial charge in [0, 0.05) is 68.3 Å². The van der Waals surface area contributed by atoms with Crippen LogP contribution in [-0.4, -0.2) is 228 Å². The van der Waals surface area contributed by atoms with Crippen molar-refractivity contribution < 1.29 is 65.9 Å². The van der Waals surface area contributed by atoms with Crippen molar-refractivity contribution in [2.75, 3.05) is 75.5 Å². The Morgan fingerprint density at radius 2 is 1.28 bits per heavy atom. The van der Waals surface area contributed by atoms with Crippen molar-refractivity contribution in [2.45, 2.75) is 186 Å². The second-order valence-corrected chi connectivity index (χ2v) is 25.2. The molecule has 22 nitrogen and oxygen atoms in total. The van der Waals surface area contributed by atoms with Crippen LogP contribution in [0.25, 0.3) is 0 Å². The Morgan fingerprint density at radius 1 is 0.674 bits per heavy atom. The van der Waals surface area contributed by atoms with Crippen molar-refractivity contribution >= 4 is 76.6 Å². The molecule has 482 valence electrons. The number of fused-ring (bicyclic) bond motifs is 1. The summed E-state index contributed by atoms with van der Waals surface area (Å²) in [4.78, 5) is 166. The number of hydrogen-bond donors (Lipinski definition) is 3. The molecule has 26 heteroatoms. The van der Waals surface area contributed by atoms with Crippen LogP contribution in [0.15, 0.2) is 18.2 Å². The van der Waals surface area contributed by atoms with Gasteiger partial charge in [-0.25, -0.2) is 0 Å². The van der Waals surface area contributed by atoms with Gasteiger partial charge in [-0.2, -0.15) is 13.2 Å². The Balaban J connectivity index is 1.77. The Labute approximate surface area is 509 Å². The quantitative estimate of drug-likeness (QED) is 0.336. The van der Waals surface area contributed by atoms with E-state index >= 15 is 0 Å². The summed E-state index contributed by atoms with van der Waals surface area (Å²) in [5.41, 5.74) is -2.41. The molecule has 11 amide bonds. The smallest absolute Gasteiger partial charge is 0.351 e. The van der Waals surface area contributed by atoms with E-state index in [0.717, 1.165) is 58.9 Å². The lowest BCUT2D eigenvalue weighted by atomic mass is 9.84. The number of carbonyl (C=O) groups is 11. The van der Waals surface area contributed by atoms with Gasteiger partial charge in [-0.05, 0) is 95.2 Å². The van der Waals surface area contributed by atoms with Crippen molar-refractivity contribution in [3.05, 3.63) is 34.3 Å². The van der Waals surface area contributed by atoms with E-state index in [-0.39, 0.29) is 44.6 Å². The van der Waals surface area contributed by atoms with Crippen LogP contribution in [0, 0.1) is 17.8 Å². The monoisotopic (exact) mass is 1240 g/mol. The highest BCUT2D eigenvalue weighted by Crippen LogP contribution is 2.36. The molecule has 4 rings (SSSR count). The molecule has 0 spiro atoms. The third-order valence-corrected chi connectivity index (χ3v) is 17.9. The molecule has 1 saturated carbocycles. The van der Waals surface area contributed by atoms with Gasteiger partial charge in [0.05, 0.1) is 30.2 Å². The second kappa shape index (κ2) is 30.9. The lowest BCUT2D eigenvalue weighted by molar-refractivity contribution is -0.157. The predicted molar refractivity (Wildman–Crippen MR) is 316 cm³/mol. The molecule has 3 fully saturated rings. The molecule has 0 radical (unpaired) electrons. The Morgan fingerprint density at radius 3 is 1.86 bits per heavy atom. The van der Waals surface area contributed by atoms with Crippen LogP contribution in [-0.2, 0) is 65.3 Å². The average Bonchev–Trinajstić information content (AvgIpc) is 2.54. The minimum absolute atomic E-state index is 0.0329. The average molecular weight is 1240 g/mol. The maximum absolute atomic E-state index is 14.9. The lowest BCUT2D eigenvalue weighted by Gasteiger charge is -2.42. The maximum Gasteiger partial charge on any atom is 0.417 e. The first-order chi connectivity index (χ1) is 40.0. The molecule has 1 aliphatic carbocycles. The molecule has 1 unspecified atom stereocenters. The number of benzene rings is 1. The molecule has 1 aromatic carbocycles. The zero-order valence-electron chi connectivity index (χ0n) is 52.9. The van der Waals surface area contributed by atoms with Crippen LogP contribution in [0.4, 0.5) is 13.2 Å². The van der Waals surface area contributed by atoms with Gasteiger partial charge >= 0.3 is 6.18 Å². The number of alkyl halides is 3. The molecule has 0 aromatic heterocycles. The zero-order valence-corrected chi connectivity index (χ0v) is 53.7. The van der Waals surface area contributed by atoms with Crippen molar-refractivity contribution in [2.24, 2.45) is 17.8 Å². The topological polar surface area (TPSA) is 250 Å². The second-order valence-electron chi connectivity index (χ2n) is 24.8. The van der Waals surface area contributed by atoms with Gasteiger partial charge in [0.2, 0.25) is 65.0 Å². The number of halogens is 4. The molecule has 0 bridgehead atoms. The first kappa shape index (κ1) is 71.9. The van der Waals surface area contributed by atoms with E-state index in [1.165, 1.54) is 101 Å². The van der Waals surface area contributed by atoms with Gasteiger partial charge in [-0.1, -0.05) is 83.9 Å². The predicted octanol–water partition coefficient (Wildman–Crippen LogP) is 3.95. The van der Waals surface area contributed by atoms with Crippen molar-refractivity contribution in [3.8, 4) is 0 Å². The van der Waals surface area contributed by atoms with E-state index in [2.05, 4.69) is 16.0 Å². The van der Waals surface area contributed by atoms with Gasteiger partial charge in [0.15, 0.2) is 0 Å². The molecule has 2 aliphatic heterocycles. The molecule has 2 saturated heterocycles. The number of hydrogen-bond acceptors (Lipinski definition) is 11. The van der Waals surface area contributed by atoms with Crippen molar-refractivity contribution in [3.63, 3.8) is 0 Å². The van der Waals surface area contributed by atoms with Crippen LogP contribution in [0.2, 0.25) is 5.02 Å². The molecular weight excluding hydrogens is 1140 g/mol. The van der Waals surface area contributed by atoms with E-state index in [1.807, 2.05) is 6.92 Å². The molecular formula is C60H93ClF3N11O11. The van der Waals surface area contributed by atoms with E-state index in [0.29, 0.717) is 18.4 Å². The van der Waals surface area contributed by atoms with Crippen LogP contribution in [0.1, 0.15) is 137 Å². The highest BCUT2D eigenvalue weighted by molar-refractivity contribution is 6.31. The molecule has 8 atom stereocenters. The van der Waals surface area contributed by atoms with E-state index in [4.69, 9.17) is 11.6 Å². The fourth-order valence-corrected chi connectivity index (χ4v) is 11.7. The molecule has 3 N–H and O–H groups in total. The van der Waals surface area contributed by atoms with E-state index in [9.17, 15) is 65.9 Å². The lowest BCUT2D eigenvalue weighted by Crippen LogP contribution is -2.63. The summed E-state index contributed by atoms with van der Waals surface area (Å²) in [7, 11) is 9.76. The normalized spacial score (nSPS) is 26.3. The van der Waals surface area contributed by atoms with Crippen LogP contribution >= 0.6 is 11.6 Å². The summed E-state index contributed by atoms with van der Waals surface area (Å²) >= 11 is 6.08. The number of nitrogens with zero attached hydrogens (tertiary/aromatic N) is 8. The molecule has 86 heavy (non-hydrogen) atoms. The van der Waals surface area contributed by atoms with Gasteiger partial charge in [-0.15, -0.1) is 0 Å². The Bertz CT molecular complexity index is 2660.